The lowest BCUT2D eigenvalue weighted by atomic mass is 10.0. The molecular weight excluding hydrogens is 237 g/mol. The van der Waals surface area contributed by atoms with Crippen LogP contribution in [0.1, 0.15) is 5.56 Å². The maximum absolute atomic E-state index is 13.7. The lowest BCUT2D eigenvalue weighted by Crippen LogP contribution is -2.02. The summed E-state index contributed by atoms with van der Waals surface area (Å²) in [6, 6.07) is 12.2. The Morgan fingerprint density at radius 1 is 1.06 bits per heavy atom. The van der Waals surface area contributed by atoms with Gasteiger partial charge >= 0.3 is 0 Å². The van der Waals surface area contributed by atoms with Crippen molar-refractivity contribution in [2.24, 2.45) is 5.73 Å². The molecule has 2 aromatic rings. The molecule has 0 bridgehead atoms. The number of benzene rings is 2. The zero-order valence-electron chi connectivity index (χ0n) is 9.29. The van der Waals surface area contributed by atoms with Crippen molar-refractivity contribution in [1.29, 1.82) is 0 Å². The molecule has 17 heavy (non-hydrogen) atoms. The second kappa shape index (κ2) is 5.30. The van der Waals surface area contributed by atoms with Gasteiger partial charge in [-0.05, 0) is 36.7 Å². The molecule has 0 saturated carbocycles. The van der Waals surface area contributed by atoms with Crippen molar-refractivity contribution in [3.05, 3.63) is 58.9 Å². The Hall–Kier alpha value is -1.38. The number of halogens is 2. The van der Waals surface area contributed by atoms with Crippen molar-refractivity contribution in [1.82, 2.24) is 0 Å². The molecule has 0 unspecified atom stereocenters. The highest BCUT2D eigenvalue weighted by atomic mass is 35.5. The summed E-state index contributed by atoms with van der Waals surface area (Å²) in [5.41, 5.74) is 7.82. The van der Waals surface area contributed by atoms with E-state index in [-0.39, 0.29) is 5.82 Å². The van der Waals surface area contributed by atoms with E-state index in [1.165, 1.54) is 6.07 Å². The summed E-state index contributed by atoms with van der Waals surface area (Å²) in [6.07, 6.45) is 0.763. The quantitative estimate of drug-likeness (QED) is 0.883. The molecule has 0 heterocycles. The molecule has 0 fully saturated rings. The van der Waals surface area contributed by atoms with E-state index in [1.54, 1.807) is 24.3 Å². The second-order valence-corrected chi connectivity index (χ2v) is 4.24. The Balaban J connectivity index is 2.51. The fourth-order valence-electron chi connectivity index (χ4n) is 1.78. The first-order valence-corrected chi connectivity index (χ1v) is 5.83. The van der Waals surface area contributed by atoms with Gasteiger partial charge in [0.2, 0.25) is 0 Å². The SMILES string of the molecule is NCCc1ccc(Cl)c(-c2ccccc2F)c1. The average molecular weight is 250 g/mol. The van der Waals surface area contributed by atoms with Gasteiger partial charge in [0.05, 0.1) is 0 Å². The summed E-state index contributed by atoms with van der Waals surface area (Å²) in [5, 5.41) is 0.552. The van der Waals surface area contributed by atoms with Crippen LogP contribution in [0, 0.1) is 5.82 Å². The van der Waals surface area contributed by atoms with Crippen molar-refractivity contribution in [2.45, 2.75) is 6.42 Å². The minimum atomic E-state index is -0.265. The maximum atomic E-state index is 13.7. The molecule has 88 valence electrons. The first-order valence-electron chi connectivity index (χ1n) is 5.46. The molecule has 0 saturated heterocycles. The van der Waals surface area contributed by atoms with Crippen LogP contribution in [0.2, 0.25) is 5.02 Å². The van der Waals surface area contributed by atoms with E-state index in [1.807, 2.05) is 12.1 Å². The fraction of sp³-hybridized carbons (Fsp3) is 0.143. The first kappa shape index (κ1) is 12.1. The Morgan fingerprint density at radius 2 is 1.82 bits per heavy atom. The van der Waals surface area contributed by atoms with Crippen LogP contribution in [0.5, 0.6) is 0 Å². The van der Waals surface area contributed by atoms with E-state index >= 15 is 0 Å². The third kappa shape index (κ3) is 2.65. The van der Waals surface area contributed by atoms with Crippen molar-refractivity contribution >= 4 is 11.6 Å². The van der Waals surface area contributed by atoms with Gasteiger partial charge in [0, 0.05) is 16.1 Å². The number of rotatable bonds is 3. The van der Waals surface area contributed by atoms with E-state index in [4.69, 9.17) is 17.3 Å². The van der Waals surface area contributed by atoms with Crippen LogP contribution in [0.3, 0.4) is 0 Å². The Morgan fingerprint density at radius 3 is 2.53 bits per heavy atom. The fourth-order valence-corrected chi connectivity index (χ4v) is 2.00. The Labute approximate surface area is 105 Å². The lowest BCUT2D eigenvalue weighted by Gasteiger charge is -2.08. The molecule has 0 radical (unpaired) electrons. The zero-order chi connectivity index (χ0) is 12.3. The van der Waals surface area contributed by atoms with E-state index in [0.717, 1.165) is 17.5 Å². The van der Waals surface area contributed by atoms with Gasteiger partial charge in [-0.1, -0.05) is 35.9 Å². The molecule has 0 aliphatic rings. The Kier molecular flexibility index (Phi) is 3.77. The van der Waals surface area contributed by atoms with E-state index in [2.05, 4.69) is 0 Å². The minimum absolute atomic E-state index is 0.265. The molecule has 2 N–H and O–H groups in total. The molecule has 0 spiro atoms. The third-order valence-electron chi connectivity index (χ3n) is 2.63. The lowest BCUT2D eigenvalue weighted by molar-refractivity contribution is 0.631. The van der Waals surface area contributed by atoms with Crippen molar-refractivity contribution in [2.75, 3.05) is 6.54 Å². The molecule has 0 aromatic heterocycles. The third-order valence-corrected chi connectivity index (χ3v) is 2.96. The van der Waals surface area contributed by atoms with Crippen molar-refractivity contribution < 1.29 is 4.39 Å². The van der Waals surface area contributed by atoms with Gasteiger partial charge in [0.15, 0.2) is 0 Å². The number of nitrogens with two attached hydrogens (primary N) is 1. The normalized spacial score (nSPS) is 10.5. The van der Waals surface area contributed by atoms with Gasteiger partial charge in [0.25, 0.3) is 0 Å². The number of hydrogen-bond donors (Lipinski definition) is 1. The number of hydrogen-bond acceptors (Lipinski definition) is 1. The van der Waals surface area contributed by atoms with Gasteiger partial charge in [-0.2, -0.15) is 0 Å². The minimum Gasteiger partial charge on any atom is -0.330 e. The molecule has 0 aliphatic carbocycles. The van der Waals surface area contributed by atoms with Crippen molar-refractivity contribution in [3.63, 3.8) is 0 Å². The van der Waals surface area contributed by atoms with Gasteiger partial charge in [0.1, 0.15) is 5.82 Å². The second-order valence-electron chi connectivity index (χ2n) is 3.83. The van der Waals surface area contributed by atoms with Crippen LogP contribution in [-0.4, -0.2) is 6.54 Å². The molecule has 0 atom stereocenters. The van der Waals surface area contributed by atoms with Crippen LogP contribution in [-0.2, 0) is 6.42 Å². The topological polar surface area (TPSA) is 26.0 Å². The summed E-state index contributed by atoms with van der Waals surface area (Å²) in [4.78, 5) is 0. The van der Waals surface area contributed by atoms with E-state index < -0.39 is 0 Å². The zero-order valence-corrected chi connectivity index (χ0v) is 10.0. The van der Waals surface area contributed by atoms with Crippen molar-refractivity contribution in [3.8, 4) is 11.1 Å². The molecular formula is C14H13ClFN. The van der Waals surface area contributed by atoms with E-state index in [0.29, 0.717) is 17.1 Å². The predicted molar refractivity (Wildman–Crippen MR) is 69.6 cm³/mol. The predicted octanol–water partition coefficient (Wildman–Crippen LogP) is 3.65. The average Bonchev–Trinajstić information content (AvgIpc) is 2.33. The largest absolute Gasteiger partial charge is 0.330 e. The highest BCUT2D eigenvalue weighted by Crippen LogP contribution is 2.30. The summed E-state index contributed by atoms with van der Waals surface area (Å²) in [6.45, 7) is 0.568. The molecule has 3 heteroatoms. The summed E-state index contributed by atoms with van der Waals surface area (Å²) in [7, 11) is 0. The van der Waals surface area contributed by atoms with Gasteiger partial charge in [-0.25, -0.2) is 4.39 Å². The van der Waals surface area contributed by atoms with Crippen LogP contribution < -0.4 is 5.73 Å². The first-order chi connectivity index (χ1) is 8.22. The van der Waals surface area contributed by atoms with Gasteiger partial charge < -0.3 is 5.73 Å². The van der Waals surface area contributed by atoms with Crippen LogP contribution in [0.15, 0.2) is 42.5 Å². The van der Waals surface area contributed by atoms with Crippen LogP contribution in [0.25, 0.3) is 11.1 Å². The van der Waals surface area contributed by atoms with E-state index in [9.17, 15) is 4.39 Å². The molecule has 0 amide bonds. The monoisotopic (exact) mass is 249 g/mol. The van der Waals surface area contributed by atoms with Crippen LogP contribution in [0.4, 0.5) is 4.39 Å². The molecule has 2 aromatic carbocycles. The standard InChI is InChI=1S/C14H13ClFN/c15-13-6-5-10(7-8-17)9-12(13)11-3-1-2-4-14(11)16/h1-6,9H,7-8,17H2. The molecule has 2 rings (SSSR count). The summed E-state index contributed by atoms with van der Waals surface area (Å²) in [5.74, 6) is -0.265. The highest BCUT2D eigenvalue weighted by molar-refractivity contribution is 6.33. The molecule has 1 nitrogen and oxygen atoms in total. The van der Waals surface area contributed by atoms with Crippen LogP contribution >= 0.6 is 11.6 Å². The molecule has 0 aliphatic heterocycles. The highest BCUT2D eigenvalue weighted by Gasteiger charge is 2.08. The summed E-state index contributed by atoms with van der Waals surface area (Å²) >= 11 is 6.10. The smallest absolute Gasteiger partial charge is 0.131 e. The van der Waals surface area contributed by atoms with Gasteiger partial charge in [-0.15, -0.1) is 0 Å². The Bertz CT molecular complexity index is 525. The summed E-state index contributed by atoms with van der Waals surface area (Å²) < 4.78 is 13.7. The maximum Gasteiger partial charge on any atom is 0.131 e. The van der Waals surface area contributed by atoms with Gasteiger partial charge in [-0.3, -0.25) is 0 Å².